The van der Waals surface area contributed by atoms with Crippen LogP contribution in [0.25, 0.3) is 0 Å². The second-order valence-corrected chi connectivity index (χ2v) is 6.86. The molecule has 0 aliphatic carbocycles. The molecule has 6 nitrogen and oxygen atoms in total. The SMILES string of the molecule is Br.CN(CCOc1ccc(CC2SC(=O)NC2=O)cc1)c1ccccn1. The maximum Gasteiger partial charge on any atom is 0.286 e. The molecule has 138 valence electrons. The highest BCUT2D eigenvalue weighted by Gasteiger charge is 2.31. The number of thioether (sulfide) groups is 1. The second-order valence-electron chi connectivity index (χ2n) is 5.69. The minimum atomic E-state index is -0.341. The molecule has 1 aliphatic rings. The molecule has 26 heavy (non-hydrogen) atoms. The van der Waals surface area contributed by atoms with Crippen LogP contribution in [0.1, 0.15) is 5.56 Å². The van der Waals surface area contributed by atoms with Crippen molar-refractivity contribution in [3.8, 4) is 5.75 Å². The number of amides is 2. The van der Waals surface area contributed by atoms with E-state index in [1.54, 1.807) is 6.20 Å². The Balaban J connectivity index is 0.00000243. The number of benzene rings is 1. The first kappa shape index (κ1) is 20.3. The summed E-state index contributed by atoms with van der Waals surface area (Å²) in [7, 11) is 1.97. The van der Waals surface area contributed by atoms with Crippen molar-refractivity contribution in [2.75, 3.05) is 25.1 Å². The van der Waals surface area contributed by atoms with Crippen LogP contribution in [0.5, 0.6) is 5.75 Å². The highest BCUT2D eigenvalue weighted by Crippen LogP contribution is 2.23. The number of pyridine rings is 1. The molecule has 1 aromatic carbocycles. The van der Waals surface area contributed by atoms with Crippen LogP contribution in [-0.2, 0) is 11.2 Å². The first-order chi connectivity index (χ1) is 12.1. The summed E-state index contributed by atoms with van der Waals surface area (Å²) in [5, 5.41) is 1.69. The zero-order chi connectivity index (χ0) is 17.6. The summed E-state index contributed by atoms with van der Waals surface area (Å²) in [5.74, 6) is 1.47. The van der Waals surface area contributed by atoms with E-state index in [4.69, 9.17) is 4.74 Å². The average Bonchev–Trinajstić information content (AvgIpc) is 2.94. The van der Waals surface area contributed by atoms with Crippen LogP contribution in [-0.4, -0.2) is 41.6 Å². The van der Waals surface area contributed by atoms with Crippen molar-refractivity contribution in [2.45, 2.75) is 11.7 Å². The molecule has 1 aliphatic heterocycles. The van der Waals surface area contributed by atoms with Crippen LogP contribution in [0, 0.1) is 0 Å². The molecule has 2 aromatic rings. The van der Waals surface area contributed by atoms with Gasteiger partial charge in [0.15, 0.2) is 0 Å². The minimum Gasteiger partial charge on any atom is -0.492 e. The number of carbonyl (C=O) groups excluding carboxylic acids is 2. The molecule has 0 bridgehead atoms. The number of carbonyl (C=O) groups is 2. The van der Waals surface area contributed by atoms with Crippen LogP contribution in [0.15, 0.2) is 48.7 Å². The zero-order valence-corrected chi connectivity index (χ0v) is 16.8. The molecule has 1 saturated heterocycles. The Morgan fingerprint density at radius 1 is 1.19 bits per heavy atom. The number of rotatable bonds is 7. The van der Waals surface area contributed by atoms with Crippen molar-refractivity contribution in [3.63, 3.8) is 0 Å². The number of nitrogens with zero attached hydrogens (tertiary/aromatic N) is 2. The van der Waals surface area contributed by atoms with Crippen LogP contribution in [0.2, 0.25) is 0 Å². The summed E-state index contributed by atoms with van der Waals surface area (Å²) >= 11 is 1.05. The number of hydrogen-bond acceptors (Lipinski definition) is 6. The number of halogens is 1. The Hall–Kier alpha value is -2.06. The Labute approximate surface area is 167 Å². The van der Waals surface area contributed by atoms with E-state index in [0.717, 1.165) is 35.4 Å². The molecule has 1 aromatic heterocycles. The molecular weight excluding hydrogens is 418 g/mol. The normalized spacial score (nSPS) is 16.0. The third-order valence-corrected chi connectivity index (χ3v) is 4.83. The largest absolute Gasteiger partial charge is 0.492 e. The second kappa shape index (κ2) is 9.59. The predicted molar refractivity (Wildman–Crippen MR) is 108 cm³/mol. The Morgan fingerprint density at radius 3 is 2.58 bits per heavy atom. The van der Waals surface area contributed by atoms with Crippen molar-refractivity contribution >= 4 is 45.7 Å². The van der Waals surface area contributed by atoms with E-state index < -0.39 is 0 Å². The molecular formula is C18H20BrN3O3S. The first-order valence-corrected chi connectivity index (χ1v) is 8.85. The lowest BCUT2D eigenvalue weighted by atomic mass is 10.1. The summed E-state index contributed by atoms with van der Waals surface area (Å²) in [5.41, 5.74) is 1.00. The lowest BCUT2D eigenvalue weighted by Gasteiger charge is -2.18. The highest BCUT2D eigenvalue weighted by atomic mass is 79.9. The van der Waals surface area contributed by atoms with E-state index >= 15 is 0 Å². The summed E-state index contributed by atoms with van der Waals surface area (Å²) in [4.78, 5) is 29.1. The van der Waals surface area contributed by atoms with E-state index in [2.05, 4.69) is 10.3 Å². The number of ether oxygens (including phenoxy) is 1. The number of likely N-dealkylation sites (N-methyl/N-ethyl adjacent to an activating group) is 1. The van der Waals surface area contributed by atoms with Gasteiger partial charge in [0, 0.05) is 13.2 Å². The Bertz CT molecular complexity index is 743. The highest BCUT2D eigenvalue weighted by molar-refractivity contribution is 8.93. The van der Waals surface area contributed by atoms with Crippen LogP contribution < -0.4 is 15.0 Å². The van der Waals surface area contributed by atoms with Crippen molar-refractivity contribution in [2.24, 2.45) is 0 Å². The van der Waals surface area contributed by atoms with E-state index in [1.807, 2.05) is 54.4 Å². The van der Waals surface area contributed by atoms with Gasteiger partial charge in [0.1, 0.15) is 18.2 Å². The van der Waals surface area contributed by atoms with Gasteiger partial charge in [-0.3, -0.25) is 14.9 Å². The molecule has 2 heterocycles. The third kappa shape index (κ3) is 5.47. The first-order valence-electron chi connectivity index (χ1n) is 7.97. The summed E-state index contributed by atoms with van der Waals surface area (Å²) in [6, 6.07) is 13.4. The van der Waals surface area contributed by atoms with E-state index in [1.165, 1.54) is 0 Å². The molecule has 8 heteroatoms. The Kier molecular flexibility index (Phi) is 7.47. The fourth-order valence-corrected chi connectivity index (χ4v) is 3.32. The predicted octanol–water partition coefficient (Wildman–Crippen LogP) is 3.07. The van der Waals surface area contributed by atoms with Gasteiger partial charge >= 0.3 is 0 Å². The maximum absolute atomic E-state index is 11.6. The van der Waals surface area contributed by atoms with Gasteiger partial charge in [-0.2, -0.15) is 0 Å². The van der Waals surface area contributed by atoms with Crippen molar-refractivity contribution in [1.82, 2.24) is 10.3 Å². The number of nitrogens with one attached hydrogen (secondary N) is 1. The van der Waals surface area contributed by atoms with Crippen molar-refractivity contribution in [3.05, 3.63) is 54.2 Å². The molecule has 1 fully saturated rings. The average molecular weight is 438 g/mol. The standard InChI is InChI=1S/C18H19N3O3S.BrH/c1-21(16-4-2-3-9-19-16)10-11-24-14-7-5-13(6-8-14)12-15-17(22)20-18(23)25-15;/h2-9,15H,10-12H2,1H3,(H,20,22,23);1H. The monoisotopic (exact) mass is 437 g/mol. The molecule has 1 N–H and O–H groups in total. The topological polar surface area (TPSA) is 71.5 Å². The number of hydrogen-bond donors (Lipinski definition) is 1. The molecule has 1 atom stereocenters. The summed E-state index contributed by atoms with van der Waals surface area (Å²) < 4.78 is 5.75. The van der Waals surface area contributed by atoms with Gasteiger partial charge in [-0.1, -0.05) is 30.0 Å². The van der Waals surface area contributed by atoms with E-state index in [9.17, 15) is 9.59 Å². The van der Waals surface area contributed by atoms with Crippen LogP contribution >= 0.6 is 28.7 Å². The summed E-state index contributed by atoms with van der Waals surface area (Å²) in [6.07, 6.45) is 2.30. The Morgan fingerprint density at radius 2 is 1.96 bits per heavy atom. The number of aromatic nitrogens is 1. The maximum atomic E-state index is 11.6. The van der Waals surface area contributed by atoms with Gasteiger partial charge in [0.2, 0.25) is 5.91 Å². The summed E-state index contributed by atoms with van der Waals surface area (Å²) in [6.45, 7) is 1.27. The van der Waals surface area contributed by atoms with Crippen LogP contribution in [0.3, 0.4) is 0 Å². The molecule has 3 rings (SSSR count). The van der Waals surface area contributed by atoms with Gasteiger partial charge in [0.05, 0.1) is 11.8 Å². The molecule has 0 radical (unpaired) electrons. The zero-order valence-electron chi connectivity index (χ0n) is 14.3. The fraction of sp³-hybridized carbons (Fsp3) is 0.278. The van der Waals surface area contributed by atoms with E-state index in [-0.39, 0.29) is 33.4 Å². The van der Waals surface area contributed by atoms with Gasteiger partial charge in [-0.25, -0.2) is 4.98 Å². The van der Waals surface area contributed by atoms with Gasteiger partial charge in [0.25, 0.3) is 5.24 Å². The van der Waals surface area contributed by atoms with Crippen LogP contribution in [0.4, 0.5) is 10.6 Å². The number of imide groups is 1. The van der Waals surface area contributed by atoms with Gasteiger partial charge < -0.3 is 9.64 Å². The van der Waals surface area contributed by atoms with Crippen molar-refractivity contribution < 1.29 is 14.3 Å². The lowest BCUT2D eigenvalue weighted by Crippen LogP contribution is -2.25. The molecule has 1 unspecified atom stereocenters. The quantitative estimate of drug-likeness (QED) is 0.717. The number of anilines is 1. The molecule has 0 spiro atoms. The fourth-order valence-electron chi connectivity index (χ4n) is 2.46. The minimum absolute atomic E-state index is 0. The molecule has 0 saturated carbocycles. The van der Waals surface area contributed by atoms with Crippen molar-refractivity contribution in [1.29, 1.82) is 0 Å². The van der Waals surface area contributed by atoms with Gasteiger partial charge in [-0.15, -0.1) is 17.0 Å². The smallest absolute Gasteiger partial charge is 0.286 e. The van der Waals surface area contributed by atoms with E-state index in [0.29, 0.717) is 13.0 Å². The van der Waals surface area contributed by atoms with Gasteiger partial charge in [-0.05, 0) is 36.2 Å². The lowest BCUT2D eigenvalue weighted by molar-refractivity contribution is -0.118. The molecule has 2 amide bonds. The third-order valence-electron chi connectivity index (χ3n) is 3.85.